The number of carbonyl (C=O) groups is 1. The summed E-state index contributed by atoms with van der Waals surface area (Å²) in [5.74, 6) is 1.06. The van der Waals surface area contributed by atoms with Crippen LogP contribution in [0.3, 0.4) is 0 Å². The molecule has 2 fully saturated rings. The molecule has 0 saturated carbocycles. The molecule has 2 aliphatic heterocycles. The van der Waals surface area contributed by atoms with Gasteiger partial charge in [0.2, 0.25) is 5.95 Å². The van der Waals surface area contributed by atoms with Crippen molar-refractivity contribution in [1.29, 1.82) is 0 Å². The number of anilines is 1. The third-order valence-corrected chi connectivity index (χ3v) is 8.09. The second-order valence-corrected chi connectivity index (χ2v) is 12.7. The highest BCUT2D eigenvalue weighted by molar-refractivity contribution is 5.67. The molecule has 0 bridgehead atoms. The van der Waals surface area contributed by atoms with Crippen molar-refractivity contribution in [2.24, 2.45) is 11.8 Å². The van der Waals surface area contributed by atoms with Gasteiger partial charge in [0, 0.05) is 38.6 Å². The summed E-state index contributed by atoms with van der Waals surface area (Å²) in [5.41, 5.74) is -1.17. The Bertz CT molecular complexity index is 942. The molecule has 2 unspecified atom stereocenters. The first-order chi connectivity index (χ1) is 19.1. The summed E-state index contributed by atoms with van der Waals surface area (Å²) in [4.78, 5) is 23.9. The van der Waals surface area contributed by atoms with Gasteiger partial charge >= 0.3 is 12.3 Å². The Morgan fingerprint density at radius 1 is 0.927 bits per heavy atom. The van der Waals surface area contributed by atoms with Gasteiger partial charge in [-0.2, -0.15) is 13.2 Å². The first kappa shape index (κ1) is 33.4. The maximum atomic E-state index is 12.9. The molecule has 1 aromatic heterocycles. The van der Waals surface area contributed by atoms with Gasteiger partial charge in [0.25, 0.3) is 0 Å². The van der Waals surface area contributed by atoms with Gasteiger partial charge in [-0.1, -0.05) is 0 Å². The minimum absolute atomic E-state index is 0.0686. The van der Waals surface area contributed by atoms with Crippen molar-refractivity contribution >= 4 is 12.0 Å². The van der Waals surface area contributed by atoms with Gasteiger partial charge in [-0.25, -0.2) is 14.8 Å². The van der Waals surface area contributed by atoms with Gasteiger partial charge in [-0.3, -0.25) is 0 Å². The number of hydrogen-bond donors (Lipinski definition) is 0. The third kappa shape index (κ3) is 10.3. The number of halogens is 3. The van der Waals surface area contributed by atoms with Crippen LogP contribution in [0.1, 0.15) is 92.6 Å². The molecular formula is C30H49F3N4O4. The largest absolute Gasteiger partial charge is 0.447 e. The topological polar surface area (TPSA) is 77.0 Å². The molecule has 2 saturated heterocycles. The van der Waals surface area contributed by atoms with Crippen molar-refractivity contribution in [2.75, 3.05) is 31.1 Å². The van der Waals surface area contributed by atoms with Crippen molar-refractivity contribution in [3.05, 3.63) is 18.0 Å². The van der Waals surface area contributed by atoms with Crippen LogP contribution in [0.2, 0.25) is 0 Å². The molecule has 41 heavy (non-hydrogen) atoms. The van der Waals surface area contributed by atoms with Gasteiger partial charge in [-0.15, -0.1) is 0 Å². The van der Waals surface area contributed by atoms with Crippen LogP contribution in [0, 0.1) is 11.8 Å². The predicted octanol–water partition coefficient (Wildman–Crippen LogP) is 6.73. The van der Waals surface area contributed by atoms with Crippen molar-refractivity contribution in [3.8, 4) is 0 Å². The first-order valence-electron chi connectivity index (χ1n) is 15.1. The monoisotopic (exact) mass is 586 g/mol. The zero-order chi connectivity index (χ0) is 30.4. The number of ether oxygens (including phenoxy) is 3. The quantitative estimate of drug-likeness (QED) is 0.285. The fraction of sp³-hybridized carbons (Fsp3) is 0.833. The van der Waals surface area contributed by atoms with E-state index in [1.54, 1.807) is 4.90 Å². The average molecular weight is 587 g/mol. The zero-order valence-corrected chi connectivity index (χ0v) is 25.7. The molecule has 0 aromatic carbocycles. The second-order valence-electron chi connectivity index (χ2n) is 12.7. The number of nitrogens with zero attached hydrogens (tertiary/aromatic N) is 4. The lowest BCUT2D eigenvalue weighted by molar-refractivity contribution is -0.138. The van der Waals surface area contributed by atoms with E-state index in [9.17, 15) is 18.0 Å². The van der Waals surface area contributed by atoms with Crippen LogP contribution in [0.5, 0.6) is 0 Å². The van der Waals surface area contributed by atoms with Crippen LogP contribution >= 0.6 is 0 Å². The standard InChI is InChI=1S/C30H49F3N4O4/c1-20(2)39-26(24-11-14-36(15-12-24)27-34-18-25(19-35-27)30(31,32)33)8-13-29(6,7)41-22(5)23-9-16-37(17-10-23)28(38)40-21(3)4/h18-24,26H,8-17H2,1-7H3. The summed E-state index contributed by atoms with van der Waals surface area (Å²) < 4.78 is 56.9. The highest BCUT2D eigenvalue weighted by Gasteiger charge is 2.35. The smallest absolute Gasteiger partial charge is 0.419 e. The summed E-state index contributed by atoms with van der Waals surface area (Å²) in [7, 11) is 0. The van der Waals surface area contributed by atoms with E-state index < -0.39 is 11.7 Å². The molecule has 0 spiro atoms. The van der Waals surface area contributed by atoms with E-state index in [2.05, 4.69) is 30.7 Å². The molecule has 0 N–H and O–H groups in total. The molecule has 2 aliphatic rings. The van der Waals surface area contributed by atoms with Crippen LogP contribution < -0.4 is 4.90 Å². The predicted molar refractivity (Wildman–Crippen MR) is 152 cm³/mol. The fourth-order valence-corrected chi connectivity index (χ4v) is 5.84. The maximum absolute atomic E-state index is 12.9. The SMILES string of the molecule is CC(C)OC(=O)N1CCC(C(C)OC(C)(C)CCC(OC(C)C)C2CCN(c3ncc(C(F)(F)F)cn3)CC2)CC1. The average Bonchev–Trinajstić information content (AvgIpc) is 2.90. The highest BCUT2D eigenvalue weighted by Crippen LogP contribution is 2.33. The van der Waals surface area contributed by atoms with E-state index in [4.69, 9.17) is 14.2 Å². The molecule has 0 radical (unpaired) electrons. The van der Waals surface area contributed by atoms with Gasteiger partial charge in [0.05, 0.1) is 35.6 Å². The Balaban J connectivity index is 1.49. The molecular weight excluding hydrogens is 537 g/mol. The number of rotatable bonds is 11. The van der Waals surface area contributed by atoms with Crippen LogP contribution in [0.15, 0.2) is 12.4 Å². The molecule has 234 valence electrons. The minimum atomic E-state index is -4.44. The summed E-state index contributed by atoms with van der Waals surface area (Å²) >= 11 is 0. The fourth-order valence-electron chi connectivity index (χ4n) is 5.84. The zero-order valence-electron chi connectivity index (χ0n) is 25.7. The highest BCUT2D eigenvalue weighted by atomic mass is 19.4. The van der Waals surface area contributed by atoms with E-state index >= 15 is 0 Å². The number of amides is 1. The van der Waals surface area contributed by atoms with Crippen LogP contribution in [0.25, 0.3) is 0 Å². The van der Waals surface area contributed by atoms with Crippen LogP contribution in [-0.2, 0) is 20.4 Å². The lowest BCUT2D eigenvalue weighted by atomic mass is 9.86. The lowest BCUT2D eigenvalue weighted by Gasteiger charge is -2.40. The summed E-state index contributed by atoms with van der Waals surface area (Å²) in [6.07, 6.45) is 2.35. The molecule has 1 aromatic rings. The van der Waals surface area contributed by atoms with E-state index in [1.165, 1.54) is 0 Å². The third-order valence-electron chi connectivity index (χ3n) is 8.09. The molecule has 2 atom stereocenters. The van der Waals surface area contributed by atoms with Crippen molar-refractivity contribution in [3.63, 3.8) is 0 Å². The number of alkyl halides is 3. The Morgan fingerprint density at radius 2 is 1.49 bits per heavy atom. The van der Waals surface area contributed by atoms with E-state index in [0.29, 0.717) is 44.0 Å². The maximum Gasteiger partial charge on any atom is 0.419 e. The summed E-state index contributed by atoms with van der Waals surface area (Å²) in [5, 5.41) is 0. The number of piperidine rings is 2. The molecule has 1 amide bonds. The van der Waals surface area contributed by atoms with Crippen LogP contribution in [-0.4, -0.2) is 77.2 Å². The second kappa shape index (κ2) is 14.4. The van der Waals surface area contributed by atoms with Crippen molar-refractivity contribution in [2.45, 2.75) is 123 Å². The number of aromatic nitrogens is 2. The Hall–Kier alpha value is -2.14. The Labute approximate surface area is 243 Å². The van der Waals surface area contributed by atoms with E-state index in [0.717, 1.165) is 50.9 Å². The summed E-state index contributed by atoms with van der Waals surface area (Å²) in [6.45, 7) is 16.9. The molecule has 0 aliphatic carbocycles. The molecule has 3 heterocycles. The molecule has 3 rings (SSSR count). The van der Waals surface area contributed by atoms with E-state index in [-0.39, 0.29) is 36.1 Å². The normalized spacial score (nSPS) is 19.6. The van der Waals surface area contributed by atoms with Crippen LogP contribution in [0.4, 0.5) is 23.9 Å². The van der Waals surface area contributed by atoms with Gasteiger partial charge in [0.15, 0.2) is 0 Å². The van der Waals surface area contributed by atoms with E-state index in [1.807, 2.05) is 32.6 Å². The summed E-state index contributed by atoms with van der Waals surface area (Å²) in [6, 6.07) is 0. The molecule has 8 nitrogen and oxygen atoms in total. The first-order valence-corrected chi connectivity index (χ1v) is 15.1. The number of hydrogen-bond acceptors (Lipinski definition) is 7. The van der Waals surface area contributed by atoms with Gasteiger partial charge < -0.3 is 24.0 Å². The molecule has 11 heteroatoms. The van der Waals surface area contributed by atoms with Gasteiger partial charge in [-0.05, 0) is 98.8 Å². The van der Waals surface area contributed by atoms with Crippen molar-refractivity contribution < 1.29 is 32.2 Å². The van der Waals surface area contributed by atoms with Crippen molar-refractivity contribution in [1.82, 2.24) is 14.9 Å². The van der Waals surface area contributed by atoms with Gasteiger partial charge in [0.1, 0.15) is 0 Å². The lowest BCUT2D eigenvalue weighted by Crippen LogP contribution is -2.44. The number of likely N-dealkylation sites (tertiary alicyclic amines) is 1. The Morgan fingerprint density at radius 3 is 2.00 bits per heavy atom. The Kier molecular flexibility index (Phi) is 11.7. The minimum Gasteiger partial charge on any atom is -0.447 e. The number of carbonyl (C=O) groups excluding carboxylic acids is 1.